The summed E-state index contributed by atoms with van der Waals surface area (Å²) < 4.78 is 57.6. The molecule has 0 saturated heterocycles. The van der Waals surface area contributed by atoms with Gasteiger partial charge in [-0.15, -0.1) is 4.36 Å². The van der Waals surface area contributed by atoms with Gasteiger partial charge in [-0.25, -0.2) is 13.9 Å². The molecule has 0 aliphatic rings. The number of nitrogens with zero attached hydrogens (tertiary/aromatic N) is 8. The Kier molecular flexibility index (Phi) is 17.8. The molecule has 2 unspecified atom stereocenters. The summed E-state index contributed by atoms with van der Waals surface area (Å²) in [5.41, 5.74) is 1.55. The Balaban J connectivity index is 0.000000219. The zero-order valence-electron chi connectivity index (χ0n) is 33.1. The number of carbonyl (C=O) groups is 3. The zero-order valence-corrected chi connectivity index (χ0v) is 39.4. The van der Waals surface area contributed by atoms with Crippen LogP contribution in [0.5, 0.6) is 0 Å². The highest BCUT2D eigenvalue weighted by Crippen LogP contribution is 2.32. The van der Waals surface area contributed by atoms with Gasteiger partial charge in [-0.1, -0.05) is 64.6 Å². The lowest BCUT2D eigenvalue weighted by molar-refractivity contribution is -0.141. The van der Waals surface area contributed by atoms with E-state index in [9.17, 15) is 31.8 Å². The predicted molar refractivity (Wildman–Crippen MR) is 243 cm³/mol. The molecule has 3 amide bonds. The van der Waals surface area contributed by atoms with E-state index in [1.54, 1.807) is 55.6 Å². The lowest BCUT2D eigenvalue weighted by Crippen LogP contribution is -2.23. The summed E-state index contributed by atoms with van der Waals surface area (Å²) in [6, 6.07) is 18.7. The lowest BCUT2D eigenvalue weighted by atomic mass is 10.1. The number of alkyl halides is 3. The Morgan fingerprint density at radius 3 is 2.25 bits per heavy atom. The predicted octanol–water partition coefficient (Wildman–Crippen LogP) is 10.6. The number of hydrogen-bond acceptors (Lipinski definition) is 12. The monoisotopic (exact) mass is 1050 g/mol. The number of pyridine rings is 2. The van der Waals surface area contributed by atoms with Gasteiger partial charge in [-0.2, -0.15) is 33.2 Å². The largest absolute Gasteiger partial charge is 0.433 e. The summed E-state index contributed by atoms with van der Waals surface area (Å²) in [6.45, 7) is 3.27. The number of aromatic nitrogens is 5. The molecule has 64 heavy (non-hydrogen) atoms. The van der Waals surface area contributed by atoms with Gasteiger partial charge in [0.2, 0.25) is 6.19 Å². The van der Waals surface area contributed by atoms with Crippen LogP contribution in [0.3, 0.4) is 0 Å². The first-order chi connectivity index (χ1) is 30.1. The molecule has 0 radical (unpaired) electrons. The average Bonchev–Trinajstić information content (AvgIpc) is 3.81. The van der Waals surface area contributed by atoms with Gasteiger partial charge in [0.25, 0.3) is 17.7 Å². The first-order valence-electron chi connectivity index (χ1n) is 17.6. The number of carbonyl (C=O) groups excluding carboxylic acids is 3. The molecule has 3 N–H and O–H groups in total. The first kappa shape index (κ1) is 51.0. The fraction of sp³-hybridized carbons (Fsp3) is 0.154. The maximum Gasteiger partial charge on any atom is 0.433 e. The van der Waals surface area contributed by atoms with Crippen LogP contribution >= 0.6 is 73.9 Å². The van der Waals surface area contributed by atoms with Crippen molar-refractivity contribution < 1.29 is 31.8 Å². The van der Waals surface area contributed by atoms with Crippen molar-refractivity contribution in [1.29, 1.82) is 10.5 Å². The Hall–Kier alpha value is -5.65. The van der Waals surface area contributed by atoms with Gasteiger partial charge >= 0.3 is 6.18 Å². The number of para-hydroxylation sites is 1. The Morgan fingerprint density at radius 2 is 1.67 bits per heavy atom. The SMILES string of the molecule is CC(c1ccc(C(F)(F)F)nc1)S(C)(=O)=NC#N.CNC(=O)c1cc(Cl)cc(C)c1NC(=O)c1cc(Br)nn1-c1ncccc1Cl.N#Cc1ccccc1NC(=O)c1snc(Cl)c1Cl. The van der Waals surface area contributed by atoms with Crippen LogP contribution in [-0.4, -0.2) is 59.4 Å². The number of nitrogens with one attached hydrogen (secondary N) is 3. The highest BCUT2D eigenvalue weighted by molar-refractivity contribution is 9.10. The third kappa shape index (κ3) is 13.0. The second-order valence-corrected chi connectivity index (χ2v) is 18.4. The van der Waals surface area contributed by atoms with Gasteiger partial charge in [0.1, 0.15) is 32.0 Å². The van der Waals surface area contributed by atoms with Crippen LogP contribution in [0.25, 0.3) is 5.82 Å². The highest BCUT2D eigenvalue weighted by atomic mass is 79.9. The van der Waals surface area contributed by atoms with Crippen molar-refractivity contribution in [2.75, 3.05) is 23.9 Å². The van der Waals surface area contributed by atoms with Crippen LogP contribution in [0.1, 0.15) is 65.1 Å². The zero-order chi connectivity index (χ0) is 47.5. The maximum atomic E-state index is 13.0. The molecule has 0 spiro atoms. The van der Waals surface area contributed by atoms with Crippen LogP contribution in [0.15, 0.2) is 88.1 Å². The second kappa shape index (κ2) is 22.3. The number of aryl methyl sites for hydroxylation is 1. The molecule has 4 aromatic heterocycles. The number of halogens is 8. The summed E-state index contributed by atoms with van der Waals surface area (Å²) in [4.78, 5) is 44.8. The maximum absolute atomic E-state index is 13.0. The lowest BCUT2D eigenvalue weighted by Gasteiger charge is -2.14. The fourth-order valence-corrected chi connectivity index (χ4v) is 8.03. The third-order valence-corrected chi connectivity index (χ3v) is 13.1. The van der Waals surface area contributed by atoms with Crippen molar-refractivity contribution in [3.8, 4) is 18.1 Å². The van der Waals surface area contributed by atoms with Crippen molar-refractivity contribution in [1.82, 2.24) is 29.4 Å². The molecule has 4 heterocycles. The van der Waals surface area contributed by atoms with Crippen molar-refractivity contribution in [2.24, 2.45) is 4.36 Å². The molecular weight excluding hydrogens is 1030 g/mol. The highest BCUT2D eigenvalue weighted by Gasteiger charge is 2.32. The molecule has 2 atom stereocenters. The van der Waals surface area contributed by atoms with E-state index < -0.39 is 38.7 Å². The van der Waals surface area contributed by atoms with E-state index in [2.05, 4.69) is 55.7 Å². The van der Waals surface area contributed by atoms with Crippen LogP contribution in [-0.2, 0) is 15.9 Å². The van der Waals surface area contributed by atoms with Crippen LogP contribution in [0.4, 0.5) is 24.5 Å². The van der Waals surface area contributed by atoms with Gasteiger partial charge < -0.3 is 16.0 Å². The van der Waals surface area contributed by atoms with Crippen molar-refractivity contribution in [3.63, 3.8) is 0 Å². The number of amides is 3. The van der Waals surface area contributed by atoms with E-state index >= 15 is 0 Å². The molecule has 0 bridgehead atoms. The van der Waals surface area contributed by atoms with Gasteiger partial charge in [-0.3, -0.25) is 19.4 Å². The van der Waals surface area contributed by atoms with Gasteiger partial charge in [-0.05, 0) is 94.9 Å². The van der Waals surface area contributed by atoms with Gasteiger partial charge in [0.05, 0.1) is 42.5 Å². The summed E-state index contributed by atoms with van der Waals surface area (Å²) in [5, 5.41) is 29.7. The Morgan fingerprint density at radius 1 is 0.969 bits per heavy atom. The average molecular weight is 1060 g/mol. The standard InChI is InChI=1S/C18H14BrCl2N5O2.C11H5Cl2N3OS.C10H10F3N3OS/c1-9-6-10(20)7-11(17(27)22-2)15(9)24-18(28)13-8-14(19)25-26(13)16-12(21)4-3-5-23-16;12-8-9(18-16-10(8)13)11(17)15-7-4-2-1-3-6(7)5-14;1-7(18(2,17)16-6-14)8-3-4-9(15-5-8)10(11,12)13/h3-8H,1-2H3,(H,22,27)(H,24,28);1-4H,(H,15,17);3-5,7H,1-2H3. The molecule has 0 aliphatic carbocycles. The molecular formula is C39H29BrCl4F3N11O4S2. The minimum Gasteiger partial charge on any atom is -0.355 e. The summed E-state index contributed by atoms with van der Waals surface area (Å²) in [6.07, 6.45) is 0.763. The second-order valence-electron chi connectivity index (χ2n) is 12.6. The minimum atomic E-state index is -4.51. The molecule has 0 saturated carbocycles. The molecule has 2 aromatic carbocycles. The number of anilines is 2. The van der Waals surface area contributed by atoms with E-state index in [4.69, 9.17) is 56.9 Å². The van der Waals surface area contributed by atoms with Gasteiger partial charge in [0.15, 0.2) is 11.0 Å². The summed E-state index contributed by atoms with van der Waals surface area (Å²) in [7, 11) is -1.32. The smallest absolute Gasteiger partial charge is 0.355 e. The number of benzene rings is 2. The quantitative estimate of drug-likeness (QED) is 0.122. The normalized spacial score (nSPS) is 12.0. The molecule has 6 rings (SSSR count). The third-order valence-electron chi connectivity index (χ3n) is 8.39. The Labute approximate surface area is 396 Å². The van der Waals surface area contributed by atoms with Crippen LogP contribution < -0.4 is 16.0 Å². The van der Waals surface area contributed by atoms with E-state index in [1.165, 1.54) is 49.3 Å². The topological polar surface area (TPSA) is 221 Å². The van der Waals surface area contributed by atoms with Crippen LogP contribution in [0, 0.1) is 29.7 Å². The van der Waals surface area contributed by atoms with Gasteiger partial charge in [0, 0.05) is 36.8 Å². The number of nitriles is 2. The molecule has 332 valence electrons. The summed E-state index contributed by atoms with van der Waals surface area (Å²) >= 11 is 27.9. The van der Waals surface area contributed by atoms with Crippen LogP contribution in [0.2, 0.25) is 20.2 Å². The van der Waals surface area contributed by atoms with E-state index in [0.29, 0.717) is 48.5 Å². The molecule has 0 aliphatic heterocycles. The van der Waals surface area contributed by atoms with E-state index in [-0.39, 0.29) is 32.2 Å². The van der Waals surface area contributed by atoms with Crippen molar-refractivity contribution in [2.45, 2.75) is 25.3 Å². The Bertz CT molecular complexity index is 2930. The van der Waals surface area contributed by atoms with Crippen molar-refractivity contribution >= 4 is 113 Å². The van der Waals surface area contributed by atoms with Crippen molar-refractivity contribution in [3.05, 3.63) is 142 Å². The summed E-state index contributed by atoms with van der Waals surface area (Å²) in [5.74, 6) is -0.995. The fourth-order valence-electron chi connectivity index (χ4n) is 5.10. The number of rotatable bonds is 8. The molecule has 15 nitrogen and oxygen atoms in total. The first-order valence-corrected chi connectivity index (χ1v) is 22.6. The molecule has 25 heteroatoms. The minimum absolute atomic E-state index is 0.0976. The van der Waals surface area contributed by atoms with E-state index in [0.717, 1.165) is 23.8 Å². The molecule has 0 fully saturated rings. The number of hydrogen-bond donors (Lipinski definition) is 3. The van der Waals surface area contributed by atoms with E-state index in [1.807, 2.05) is 6.07 Å². The molecule has 6 aromatic rings.